The first-order valence-corrected chi connectivity index (χ1v) is 12.5. The molecule has 1 saturated heterocycles. The van der Waals surface area contributed by atoms with Crippen LogP contribution >= 0.6 is 0 Å². The van der Waals surface area contributed by atoms with E-state index < -0.39 is 0 Å². The molecule has 186 valence electrons. The van der Waals surface area contributed by atoms with E-state index in [2.05, 4.69) is 6.92 Å². The Morgan fingerprint density at radius 2 is 0.839 bits per heavy atom. The minimum Gasteiger partial charge on any atom is -0.377 e. The lowest BCUT2D eigenvalue weighted by Gasteiger charge is -2.18. The maximum atomic E-state index is 6.03. The Hall–Kier alpha value is -0.280. The fourth-order valence-electron chi connectivity index (χ4n) is 3.31. The van der Waals surface area contributed by atoms with Gasteiger partial charge in [-0.1, -0.05) is 58.3 Å². The summed E-state index contributed by atoms with van der Waals surface area (Å²) in [6.45, 7) is 9.75. The molecule has 0 aromatic carbocycles. The minimum absolute atomic E-state index is 0.120. The summed E-state index contributed by atoms with van der Waals surface area (Å²) < 4.78 is 39.4. The van der Waals surface area contributed by atoms with Gasteiger partial charge in [-0.3, -0.25) is 0 Å². The fourth-order valence-corrected chi connectivity index (χ4v) is 3.31. The van der Waals surface area contributed by atoms with E-state index in [0.717, 1.165) is 6.42 Å². The molecule has 1 aliphatic heterocycles. The third-order valence-electron chi connectivity index (χ3n) is 5.12. The summed E-state index contributed by atoms with van der Waals surface area (Å²) in [5, 5.41) is 0. The summed E-state index contributed by atoms with van der Waals surface area (Å²) in [4.78, 5) is 0. The molecule has 7 nitrogen and oxygen atoms in total. The van der Waals surface area contributed by atoms with Gasteiger partial charge in [-0.05, 0) is 6.42 Å². The summed E-state index contributed by atoms with van der Waals surface area (Å²) in [7, 11) is 0. The third-order valence-corrected chi connectivity index (χ3v) is 5.12. The van der Waals surface area contributed by atoms with Gasteiger partial charge in [0.05, 0.1) is 92.0 Å². The fraction of sp³-hybridized carbons (Fsp3) is 1.00. The summed E-state index contributed by atoms with van der Waals surface area (Å²) in [6.07, 6.45) is 11.7. The monoisotopic (exact) mass is 448 g/mol. The van der Waals surface area contributed by atoms with Crippen molar-refractivity contribution in [3.63, 3.8) is 0 Å². The standard InChI is InChI=1S/C24H48O7/c1-2-3-4-5-6-7-8-9-10-24-23-30-20-19-28-16-15-26-12-11-25-13-14-27-17-18-29-21-22-31-24/h24H,2-23H2,1H3. The van der Waals surface area contributed by atoms with Crippen molar-refractivity contribution < 1.29 is 33.2 Å². The van der Waals surface area contributed by atoms with Gasteiger partial charge in [-0.2, -0.15) is 0 Å². The van der Waals surface area contributed by atoms with Crippen LogP contribution in [0.3, 0.4) is 0 Å². The maximum Gasteiger partial charge on any atom is 0.0809 e. The van der Waals surface area contributed by atoms with Crippen molar-refractivity contribution in [1.82, 2.24) is 0 Å². The Morgan fingerprint density at radius 1 is 0.452 bits per heavy atom. The number of unbranched alkanes of at least 4 members (excludes halogenated alkanes) is 7. The van der Waals surface area contributed by atoms with Gasteiger partial charge in [0.1, 0.15) is 0 Å². The number of hydrogen-bond donors (Lipinski definition) is 0. The largest absolute Gasteiger partial charge is 0.377 e. The highest BCUT2D eigenvalue weighted by Crippen LogP contribution is 2.12. The quantitative estimate of drug-likeness (QED) is 0.494. The molecular weight excluding hydrogens is 400 g/mol. The van der Waals surface area contributed by atoms with Crippen LogP contribution in [-0.4, -0.2) is 92.0 Å². The van der Waals surface area contributed by atoms with Gasteiger partial charge in [0.15, 0.2) is 0 Å². The van der Waals surface area contributed by atoms with Crippen LogP contribution in [0.5, 0.6) is 0 Å². The van der Waals surface area contributed by atoms with E-state index in [-0.39, 0.29) is 6.10 Å². The molecule has 0 aliphatic carbocycles. The molecule has 31 heavy (non-hydrogen) atoms. The van der Waals surface area contributed by atoms with Crippen LogP contribution in [0.1, 0.15) is 64.7 Å². The lowest BCUT2D eigenvalue weighted by Crippen LogP contribution is -2.24. The lowest BCUT2D eigenvalue weighted by atomic mass is 10.1. The zero-order valence-electron chi connectivity index (χ0n) is 20.0. The van der Waals surface area contributed by atoms with E-state index in [9.17, 15) is 0 Å². The second-order valence-electron chi connectivity index (χ2n) is 7.89. The van der Waals surface area contributed by atoms with E-state index >= 15 is 0 Å². The zero-order valence-corrected chi connectivity index (χ0v) is 20.0. The van der Waals surface area contributed by atoms with E-state index in [4.69, 9.17) is 33.2 Å². The Kier molecular flexibility index (Phi) is 22.6. The van der Waals surface area contributed by atoms with Crippen LogP contribution in [0.15, 0.2) is 0 Å². The van der Waals surface area contributed by atoms with Crippen molar-refractivity contribution in [2.75, 3.05) is 85.9 Å². The van der Waals surface area contributed by atoms with Crippen molar-refractivity contribution in [1.29, 1.82) is 0 Å². The highest BCUT2D eigenvalue weighted by Gasteiger charge is 2.10. The van der Waals surface area contributed by atoms with Crippen LogP contribution in [0, 0.1) is 0 Å². The number of ether oxygens (including phenoxy) is 7. The molecule has 1 fully saturated rings. The summed E-state index contributed by atoms with van der Waals surface area (Å²) in [6, 6.07) is 0. The maximum absolute atomic E-state index is 6.03. The van der Waals surface area contributed by atoms with E-state index in [1.807, 2.05) is 0 Å². The van der Waals surface area contributed by atoms with Gasteiger partial charge >= 0.3 is 0 Å². The molecule has 7 heteroatoms. The second-order valence-corrected chi connectivity index (χ2v) is 7.89. The van der Waals surface area contributed by atoms with Crippen molar-refractivity contribution >= 4 is 0 Å². The molecule has 1 heterocycles. The molecule has 0 bridgehead atoms. The van der Waals surface area contributed by atoms with Crippen molar-refractivity contribution in [2.45, 2.75) is 70.8 Å². The van der Waals surface area contributed by atoms with Crippen LogP contribution < -0.4 is 0 Å². The van der Waals surface area contributed by atoms with Gasteiger partial charge in [0.25, 0.3) is 0 Å². The molecule has 0 radical (unpaired) electrons. The summed E-state index contributed by atoms with van der Waals surface area (Å²) in [5.41, 5.74) is 0. The van der Waals surface area contributed by atoms with E-state index in [1.54, 1.807) is 0 Å². The molecule has 0 spiro atoms. The predicted octanol–water partition coefficient (Wildman–Crippen LogP) is 4.02. The molecule has 0 aromatic rings. The van der Waals surface area contributed by atoms with Crippen LogP contribution in [0.25, 0.3) is 0 Å². The smallest absolute Gasteiger partial charge is 0.0809 e. The van der Waals surface area contributed by atoms with Crippen LogP contribution in [0.2, 0.25) is 0 Å². The lowest BCUT2D eigenvalue weighted by molar-refractivity contribution is -0.0564. The third kappa shape index (κ3) is 21.3. The first-order chi connectivity index (χ1) is 15.4. The number of rotatable bonds is 9. The first-order valence-electron chi connectivity index (χ1n) is 12.5. The van der Waals surface area contributed by atoms with Crippen molar-refractivity contribution in [2.24, 2.45) is 0 Å². The van der Waals surface area contributed by atoms with Gasteiger partial charge in [-0.15, -0.1) is 0 Å². The van der Waals surface area contributed by atoms with Crippen molar-refractivity contribution in [3.8, 4) is 0 Å². The molecule has 0 aromatic heterocycles. The van der Waals surface area contributed by atoms with Gasteiger partial charge in [0, 0.05) is 0 Å². The molecule has 1 aliphatic rings. The van der Waals surface area contributed by atoms with Crippen LogP contribution in [0.4, 0.5) is 0 Å². The molecule has 0 saturated carbocycles. The van der Waals surface area contributed by atoms with Crippen molar-refractivity contribution in [3.05, 3.63) is 0 Å². The predicted molar refractivity (Wildman–Crippen MR) is 122 cm³/mol. The molecule has 1 rings (SSSR count). The Bertz CT molecular complexity index is 322. The minimum atomic E-state index is 0.120. The Labute approximate surface area is 190 Å². The average molecular weight is 449 g/mol. The Morgan fingerprint density at radius 3 is 1.32 bits per heavy atom. The normalized spacial score (nSPS) is 22.5. The van der Waals surface area contributed by atoms with Gasteiger partial charge in [0.2, 0.25) is 0 Å². The van der Waals surface area contributed by atoms with Gasteiger partial charge < -0.3 is 33.2 Å². The molecule has 0 N–H and O–H groups in total. The SMILES string of the molecule is CCCCCCCCCCC1COCCOCCOCCOCCOCCOCCO1. The van der Waals surface area contributed by atoms with E-state index in [0.29, 0.717) is 85.9 Å². The van der Waals surface area contributed by atoms with Gasteiger partial charge in [-0.25, -0.2) is 0 Å². The molecule has 1 atom stereocenters. The average Bonchev–Trinajstić information content (AvgIpc) is 2.78. The summed E-state index contributed by atoms with van der Waals surface area (Å²) in [5.74, 6) is 0. The highest BCUT2D eigenvalue weighted by molar-refractivity contribution is 4.59. The van der Waals surface area contributed by atoms with E-state index in [1.165, 1.54) is 51.4 Å². The number of hydrogen-bond acceptors (Lipinski definition) is 7. The summed E-state index contributed by atoms with van der Waals surface area (Å²) >= 11 is 0. The highest BCUT2D eigenvalue weighted by atomic mass is 16.6. The molecule has 0 amide bonds. The molecule has 1 unspecified atom stereocenters. The van der Waals surface area contributed by atoms with Crippen LogP contribution in [-0.2, 0) is 33.2 Å². The first kappa shape index (κ1) is 28.8. The second kappa shape index (κ2) is 24.4. The zero-order chi connectivity index (χ0) is 22.1. The topological polar surface area (TPSA) is 64.6 Å². The molecular formula is C24H48O7. The Balaban J connectivity index is 2.19.